The summed E-state index contributed by atoms with van der Waals surface area (Å²) >= 11 is 0. The fraction of sp³-hybridized carbons (Fsp3) is 0.182. The van der Waals surface area contributed by atoms with Crippen LogP contribution in [0.4, 0.5) is 14.5 Å². The number of nitrogens with zero attached hydrogens (tertiary/aromatic N) is 2. The lowest BCUT2D eigenvalue weighted by Crippen LogP contribution is -2.28. The average Bonchev–Trinajstić information content (AvgIpc) is 2.70. The second kappa shape index (κ2) is 9.14. The Balaban J connectivity index is 1.95. The van der Waals surface area contributed by atoms with Crippen molar-refractivity contribution in [3.63, 3.8) is 0 Å². The molecule has 1 amide bonds. The van der Waals surface area contributed by atoms with E-state index >= 15 is 0 Å². The molecule has 0 fully saturated rings. The minimum Gasteiger partial charge on any atom is -0.463 e. The fourth-order valence-corrected chi connectivity index (χ4v) is 2.85. The molecule has 0 saturated carbocycles. The van der Waals surface area contributed by atoms with E-state index in [1.165, 1.54) is 42.3 Å². The minimum absolute atomic E-state index is 0.137. The Morgan fingerprint density at radius 2 is 1.90 bits per heavy atom. The van der Waals surface area contributed by atoms with Crippen LogP contribution in [-0.4, -0.2) is 17.8 Å². The number of anilines is 1. The van der Waals surface area contributed by atoms with Gasteiger partial charge in [0.25, 0.3) is 0 Å². The summed E-state index contributed by atoms with van der Waals surface area (Å²) in [5.74, 6) is 0.287. The molecule has 0 spiro atoms. The summed E-state index contributed by atoms with van der Waals surface area (Å²) in [5.41, 5.74) is 2.02. The van der Waals surface area contributed by atoms with Gasteiger partial charge < -0.3 is 14.4 Å². The van der Waals surface area contributed by atoms with Crippen molar-refractivity contribution in [3.8, 4) is 17.4 Å². The largest absolute Gasteiger partial charge is 0.463 e. The van der Waals surface area contributed by atoms with E-state index in [1.807, 2.05) is 13.0 Å². The van der Waals surface area contributed by atoms with Crippen LogP contribution in [0.2, 0.25) is 0 Å². The van der Waals surface area contributed by atoms with E-state index in [9.17, 15) is 13.6 Å². The lowest BCUT2D eigenvalue weighted by molar-refractivity contribution is -0.116. The molecule has 0 radical (unpaired) electrons. The molecule has 2 aromatic carbocycles. The number of hydrogen-bond acceptors (Lipinski definition) is 4. The van der Waals surface area contributed by atoms with Gasteiger partial charge in [-0.3, -0.25) is 4.79 Å². The van der Waals surface area contributed by atoms with Crippen LogP contribution in [0.15, 0.2) is 60.8 Å². The van der Waals surface area contributed by atoms with E-state index in [1.54, 1.807) is 24.3 Å². The Labute approximate surface area is 167 Å². The third-order valence-corrected chi connectivity index (χ3v) is 4.20. The molecule has 0 bridgehead atoms. The number of ether oxygens (including phenoxy) is 2. The predicted molar refractivity (Wildman–Crippen MR) is 105 cm³/mol. The molecule has 29 heavy (non-hydrogen) atoms. The number of alkyl halides is 1. The molecule has 3 aromatic rings. The first-order valence-corrected chi connectivity index (χ1v) is 8.92. The standard InChI is InChI=1S/C22H20F2N2O3/c1-15-5-10-21(28-14-23)17(12-15)13-26(16(2)27)20-4-3-11-25-22(20)29-19-8-6-18(24)7-9-19/h3-12H,13-14H2,1-2H3. The first kappa shape index (κ1) is 20.3. The topological polar surface area (TPSA) is 51.7 Å². The van der Waals surface area contributed by atoms with Gasteiger partial charge in [0.2, 0.25) is 18.6 Å². The lowest BCUT2D eigenvalue weighted by atomic mass is 10.1. The minimum atomic E-state index is -0.970. The van der Waals surface area contributed by atoms with Crippen LogP contribution in [0, 0.1) is 12.7 Å². The van der Waals surface area contributed by atoms with Crippen LogP contribution < -0.4 is 14.4 Å². The molecule has 0 saturated heterocycles. The van der Waals surface area contributed by atoms with Gasteiger partial charge in [-0.15, -0.1) is 0 Å². The van der Waals surface area contributed by atoms with E-state index < -0.39 is 6.86 Å². The zero-order chi connectivity index (χ0) is 20.8. The number of pyridine rings is 1. The molecule has 0 N–H and O–H groups in total. The molecule has 150 valence electrons. The van der Waals surface area contributed by atoms with Gasteiger partial charge in [-0.1, -0.05) is 17.7 Å². The van der Waals surface area contributed by atoms with Crippen molar-refractivity contribution in [2.24, 2.45) is 0 Å². The number of halogens is 2. The van der Waals surface area contributed by atoms with Gasteiger partial charge in [-0.25, -0.2) is 13.8 Å². The van der Waals surface area contributed by atoms with Crippen LogP contribution in [-0.2, 0) is 11.3 Å². The lowest BCUT2D eigenvalue weighted by Gasteiger charge is -2.24. The van der Waals surface area contributed by atoms with Crippen molar-refractivity contribution >= 4 is 11.6 Å². The molecule has 1 heterocycles. The maximum absolute atomic E-state index is 13.2. The summed E-state index contributed by atoms with van der Waals surface area (Å²) in [7, 11) is 0. The van der Waals surface area contributed by atoms with E-state index in [0.717, 1.165) is 5.56 Å². The maximum atomic E-state index is 13.2. The normalized spacial score (nSPS) is 10.5. The smallest absolute Gasteiger partial charge is 0.243 e. The summed E-state index contributed by atoms with van der Waals surface area (Å²) in [5, 5.41) is 0. The highest BCUT2D eigenvalue weighted by atomic mass is 19.1. The van der Waals surface area contributed by atoms with E-state index in [4.69, 9.17) is 9.47 Å². The molecule has 3 rings (SSSR count). The fourth-order valence-electron chi connectivity index (χ4n) is 2.85. The number of aromatic nitrogens is 1. The van der Waals surface area contributed by atoms with E-state index in [-0.39, 0.29) is 24.1 Å². The summed E-state index contributed by atoms with van der Waals surface area (Å²) in [6, 6.07) is 14.2. The average molecular weight is 398 g/mol. The summed E-state index contributed by atoms with van der Waals surface area (Å²) in [6.45, 7) is 2.48. The third kappa shape index (κ3) is 5.07. The molecule has 0 unspecified atom stereocenters. The summed E-state index contributed by atoms with van der Waals surface area (Å²) < 4.78 is 36.7. The number of amides is 1. The van der Waals surface area contributed by atoms with Crippen molar-refractivity contribution in [1.29, 1.82) is 0 Å². The third-order valence-electron chi connectivity index (χ3n) is 4.20. The van der Waals surface area contributed by atoms with Gasteiger partial charge in [-0.05, 0) is 49.4 Å². The summed E-state index contributed by atoms with van der Waals surface area (Å²) in [4.78, 5) is 18.1. The van der Waals surface area contributed by atoms with E-state index in [2.05, 4.69) is 4.98 Å². The maximum Gasteiger partial charge on any atom is 0.243 e. The Kier molecular flexibility index (Phi) is 6.39. The zero-order valence-corrected chi connectivity index (χ0v) is 16.1. The quantitative estimate of drug-likeness (QED) is 0.550. The SMILES string of the molecule is CC(=O)N(Cc1cc(C)ccc1OCF)c1cccnc1Oc1ccc(F)cc1. The zero-order valence-electron chi connectivity index (χ0n) is 16.1. The van der Waals surface area contributed by atoms with Crippen LogP contribution in [0.1, 0.15) is 18.1 Å². The van der Waals surface area contributed by atoms with Gasteiger partial charge in [-0.2, -0.15) is 0 Å². The van der Waals surface area contributed by atoms with Gasteiger partial charge in [0, 0.05) is 18.7 Å². The number of benzene rings is 2. The molecular weight excluding hydrogens is 378 g/mol. The molecule has 5 nitrogen and oxygen atoms in total. The second-order valence-corrected chi connectivity index (χ2v) is 6.35. The van der Waals surface area contributed by atoms with Gasteiger partial charge in [0.1, 0.15) is 23.0 Å². The highest BCUT2D eigenvalue weighted by Gasteiger charge is 2.20. The highest BCUT2D eigenvalue weighted by molar-refractivity contribution is 5.92. The number of carbonyl (C=O) groups is 1. The molecule has 0 atom stereocenters. The summed E-state index contributed by atoms with van der Waals surface area (Å²) in [6.07, 6.45) is 1.53. The molecule has 0 aliphatic heterocycles. The monoisotopic (exact) mass is 398 g/mol. The van der Waals surface area contributed by atoms with Crippen LogP contribution in [0.3, 0.4) is 0 Å². The van der Waals surface area contributed by atoms with Gasteiger partial charge >= 0.3 is 0 Å². The van der Waals surface area contributed by atoms with Crippen molar-refractivity contribution in [1.82, 2.24) is 4.98 Å². The molecular formula is C22H20F2N2O3. The van der Waals surface area contributed by atoms with Crippen LogP contribution >= 0.6 is 0 Å². The Morgan fingerprint density at radius 3 is 2.59 bits per heavy atom. The van der Waals surface area contributed by atoms with Crippen molar-refractivity contribution in [2.45, 2.75) is 20.4 Å². The van der Waals surface area contributed by atoms with Gasteiger partial charge in [0.15, 0.2) is 0 Å². The van der Waals surface area contributed by atoms with E-state index in [0.29, 0.717) is 22.7 Å². The molecule has 0 aliphatic carbocycles. The van der Waals surface area contributed by atoms with Crippen LogP contribution in [0.25, 0.3) is 0 Å². The Morgan fingerprint density at radius 1 is 1.14 bits per heavy atom. The van der Waals surface area contributed by atoms with Crippen molar-refractivity contribution in [2.75, 3.05) is 11.8 Å². The van der Waals surface area contributed by atoms with Crippen molar-refractivity contribution < 1.29 is 23.0 Å². The molecule has 7 heteroatoms. The number of hydrogen-bond donors (Lipinski definition) is 0. The Hall–Kier alpha value is -3.48. The predicted octanol–water partition coefficient (Wildman–Crippen LogP) is 5.18. The second-order valence-electron chi connectivity index (χ2n) is 6.35. The van der Waals surface area contributed by atoms with Crippen LogP contribution in [0.5, 0.6) is 17.4 Å². The highest BCUT2D eigenvalue weighted by Crippen LogP contribution is 2.32. The van der Waals surface area contributed by atoms with Gasteiger partial charge in [0.05, 0.1) is 6.54 Å². The molecule has 0 aliphatic rings. The molecule has 1 aromatic heterocycles. The first-order chi connectivity index (χ1) is 14.0. The number of rotatable bonds is 7. The Bertz CT molecular complexity index is 994. The number of aryl methyl sites for hydroxylation is 1. The first-order valence-electron chi connectivity index (χ1n) is 8.92. The number of carbonyl (C=O) groups excluding carboxylic acids is 1. The van der Waals surface area contributed by atoms with Crippen molar-refractivity contribution in [3.05, 3.63) is 77.7 Å².